The van der Waals surface area contributed by atoms with E-state index in [4.69, 9.17) is 0 Å². The molecule has 116 valence electrons. The fourth-order valence-electron chi connectivity index (χ4n) is 2.18. The number of amides is 1. The number of benzene rings is 1. The minimum absolute atomic E-state index is 0.0866. The van der Waals surface area contributed by atoms with Crippen molar-refractivity contribution in [2.24, 2.45) is 0 Å². The van der Waals surface area contributed by atoms with Crippen LogP contribution in [0.5, 0.6) is 0 Å². The van der Waals surface area contributed by atoms with Crippen molar-refractivity contribution in [1.82, 2.24) is 5.32 Å². The molecule has 1 N–H and O–H groups in total. The second-order valence-electron chi connectivity index (χ2n) is 5.72. The molecule has 6 heteroatoms. The van der Waals surface area contributed by atoms with Crippen LogP contribution in [-0.2, 0) is 14.8 Å². The van der Waals surface area contributed by atoms with Crippen LogP contribution in [0.1, 0.15) is 30.4 Å². The molecular weight excluding hydrogens is 288 g/mol. The van der Waals surface area contributed by atoms with Crippen molar-refractivity contribution in [3.63, 3.8) is 0 Å². The molecule has 0 aliphatic heterocycles. The van der Waals surface area contributed by atoms with E-state index in [1.54, 1.807) is 0 Å². The topological polar surface area (TPSA) is 66.5 Å². The molecule has 1 aliphatic rings. The zero-order chi connectivity index (χ0) is 15.6. The van der Waals surface area contributed by atoms with E-state index in [1.165, 1.54) is 10.6 Å². The van der Waals surface area contributed by atoms with Gasteiger partial charge in [-0.1, -0.05) is 12.1 Å². The Morgan fingerprint density at radius 3 is 2.57 bits per heavy atom. The lowest BCUT2D eigenvalue weighted by atomic mass is 10.1. The molecule has 0 bridgehead atoms. The normalized spacial score (nSPS) is 14.8. The van der Waals surface area contributed by atoms with E-state index in [-0.39, 0.29) is 18.9 Å². The van der Waals surface area contributed by atoms with Crippen molar-refractivity contribution in [3.05, 3.63) is 29.3 Å². The molecule has 1 fully saturated rings. The standard InChI is InChI=1S/C15H22N2O3S/c1-11-4-5-12(2)14(10-11)17(21(3,19)20)9-8-15(18)16-13-6-7-13/h4-5,10,13H,6-9H2,1-3H3,(H,16,18). The smallest absolute Gasteiger partial charge is 0.232 e. The SMILES string of the molecule is Cc1ccc(C)c(N(CCC(=O)NC2CC2)S(C)(=O)=O)c1. The maximum Gasteiger partial charge on any atom is 0.232 e. The maximum atomic E-state index is 12.0. The first-order valence-corrected chi connectivity index (χ1v) is 8.96. The quantitative estimate of drug-likeness (QED) is 0.870. The zero-order valence-electron chi connectivity index (χ0n) is 12.7. The van der Waals surface area contributed by atoms with Crippen LogP contribution in [0.3, 0.4) is 0 Å². The van der Waals surface area contributed by atoms with Crippen molar-refractivity contribution in [2.75, 3.05) is 17.1 Å². The Morgan fingerprint density at radius 1 is 1.33 bits per heavy atom. The lowest BCUT2D eigenvalue weighted by molar-refractivity contribution is -0.121. The van der Waals surface area contributed by atoms with Crippen LogP contribution in [0, 0.1) is 13.8 Å². The lowest BCUT2D eigenvalue weighted by Crippen LogP contribution is -2.35. The van der Waals surface area contributed by atoms with Gasteiger partial charge in [0.05, 0.1) is 11.9 Å². The van der Waals surface area contributed by atoms with Crippen LogP contribution in [0.4, 0.5) is 5.69 Å². The van der Waals surface area contributed by atoms with E-state index in [2.05, 4.69) is 5.32 Å². The van der Waals surface area contributed by atoms with Crippen LogP contribution in [0.25, 0.3) is 0 Å². The van der Waals surface area contributed by atoms with Gasteiger partial charge in [-0.05, 0) is 43.9 Å². The number of rotatable bonds is 6. The summed E-state index contributed by atoms with van der Waals surface area (Å²) in [6, 6.07) is 5.98. The highest BCUT2D eigenvalue weighted by atomic mass is 32.2. The summed E-state index contributed by atoms with van der Waals surface area (Å²) in [7, 11) is -3.41. The van der Waals surface area contributed by atoms with Crippen molar-refractivity contribution >= 4 is 21.6 Å². The van der Waals surface area contributed by atoms with E-state index in [0.717, 1.165) is 24.0 Å². The summed E-state index contributed by atoms with van der Waals surface area (Å²) in [5.74, 6) is -0.0866. The summed E-state index contributed by atoms with van der Waals surface area (Å²) in [5.41, 5.74) is 2.53. The van der Waals surface area contributed by atoms with Crippen LogP contribution < -0.4 is 9.62 Å². The Morgan fingerprint density at radius 2 is 2.00 bits per heavy atom. The van der Waals surface area contributed by atoms with Crippen LogP contribution in [-0.4, -0.2) is 33.2 Å². The summed E-state index contributed by atoms with van der Waals surface area (Å²) in [6.45, 7) is 3.96. The second-order valence-corrected chi connectivity index (χ2v) is 7.62. The van der Waals surface area contributed by atoms with Crippen molar-refractivity contribution in [2.45, 2.75) is 39.2 Å². The van der Waals surface area contributed by atoms with Crippen molar-refractivity contribution in [3.8, 4) is 0 Å². The molecule has 0 spiro atoms. The molecule has 0 radical (unpaired) electrons. The number of carbonyl (C=O) groups is 1. The van der Waals surface area contributed by atoms with Gasteiger partial charge in [-0.2, -0.15) is 0 Å². The zero-order valence-corrected chi connectivity index (χ0v) is 13.5. The maximum absolute atomic E-state index is 12.0. The average Bonchev–Trinajstić information content (AvgIpc) is 3.16. The van der Waals surface area contributed by atoms with Crippen molar-refractivity contribution < 1.29 is 13.2 Å². The first kappa shape index (κ1) is 15.8. The van der Waals surface area contributed by atoms with Crippen LogP contribution in [0.15, 0.2) is 18.2 Å². The number of hydrogen-bond donors (Lipinski definition) is 1. The van der Waals surface area contributed by atoms with Gasteiger partial charge in [-0.15, -0.1) is 0 Å². The minimum Gasteiger partial charge on any atom is -0.353 e. The van der Waals surface area contributed by atoms with Gasteiger partial charge in [-0.3, -0.25) is 9.10 Å². The Hall–Kier alpha value is -1.56. The Bertz CT molecular complexity index is 636. The molecule has 1 aromatic carbocycles. The van der Waals surface area contributed by atoms with Gasteiger partial charge in [0.15, 0.2) is 0 Å². The van der Waals surface area contributed by atoms with Gasteiger partial charge >= 0.3 is 0 Å². The predicted octanol–water partition coefficient (Wildman–Crippen LogP) is 1.74. The number of nitrogens with one attached hydrogen (secondary N) is 1. The van der Waals surface area contributed by atoms with E-state index >= 15 is 0 Å². The van der Waals surface area contributed by atoms with Gasteiger partial charge in [0.2, 0.25) is 15.9 Å². The summed E-state index contributed by atoms with van der Waals surface area (Å²) >= 11 is 0. The van der Waals surface area contributed by atoms with E-state index in [1.807, 2.05) is 32.0 Å². The fraction of sp³-hybridized carbons (Fsp3) is 0.533. The van der Waals surface area contributed by atoms with E-state index in [9.17, 15) is 13.2 Å². The van der Waals surface area contributed by atoms with Gasteiger partial charge in [-0.25, -0.2) is 8.42 Å². The molecule has 1 amide bonds. The largest absolute Gasteiger partial charge is 0.353 e. The molecule has 1 aromatic rings. The molecule has 1 saturated carbocycles. The third-order valence-electron chi connectivity index (χ3n) is 3.52. The summed E-state index contributed by atoms with van der Waals surface area (Å²) in [4.78, 5) is 11.8. The molecule has 1 aliphatic carbocycles. The molecule has 0 heterocycles. The number of sulfonamides is 1. The number of aryl methyl sites for hydroxylation is 2. The predicted molar refractivity (Wildman–Crippen MR) is 83.9 cm³/mol. The summed E-state index contributed by atoms with van der Waals surface area (Å²) in [6.07, 6.45) is 3.40. The highest BCUT2D eigenvalue weighted by Gasteiger charge is 2.25. The first-order chi connectivity index (χ1) is 9.77. The third-order valence-corrected chi connectivity index (χ3v) is 4.70. The second kappa shape index (κ2) is 6.05. The monoisotopic (exact) mass is 310 g/mol. The molecule has 0 atom stereocenters. The fourth-order valence-corrected chi connectivity index (χ4v) is 3.16. The van der Waals surface area contributed by atoms with Gasteiger partial charge in [0.25, 0.3) is 0 Å². The number of carbonyl (C=O) groups excluding carboxylic acids is 1. The van der Waals surface area contributed by atoms with Gasteiger partial charge in [0, 0.05) is 19.0 Å². The van der Waals surface area contributed by atoms with E-state index < -0.39 is 10.0 Å². The highest BCUT2D eigenvalue weighted by molar-refractivity contribution is 7.92. The third kappa shape index (κ3) is 4.46. The number of anilines is 1. The highest BCUT2D eigenvalue weighted by Crippen LogP contribution is 2.24. The van der Waals surface area contributed by atoms with Crippen molar-refractivity contribution in [1.29, 1.82) is 0 Å². The minimum atomic E-state index is -3.41. The van der Waals surface area contributed by atoms with Gasteiger partial charge in [0.1, 0.15) is 0 Å². The lowest BCUT2D eigenvalue weighted by Gasteiger charge is -2.24. The molecule has 0 unspecified atom stereocenters. The Kier molecular flexibility index (Phi) is 4.56. The first-order valence-electron chi connectivity index (χ1n) is 7.11. The summed E-state index contributed by atoms with van der Waals surface area (Å²) in [5, 5.41) is 2.88. The van der Waals surface area contributed by atoms with Gasteiger partial charge < -0.3 is 5.32 Å². The number of nitrogens with zero attached hydrogens (tertiary/aromatic N) is 1. The molecule has 21 heavy (non-hydrogen) atoms. The molecule has 2 rings (SSSR count). The molecular formula is C15H22N2O3S. The van der Waals surface area contributed by atoms with Crippen LogP contribution in [0.2, 0.25) is 0 Å². The van der Waals surface area contributed by atoms with E-state index in [0.29, 0.717) is 11.7 Å². The average molecular weight is 310 g/mol. The Balaban J connectivity index is 2.14. The summed E-state index contributed by atoms with van der Waals surface area (Å²) < 4.78 is 25.4. The van der Waals surface area contributed by atoms with Crippen LogP contribution >= 0.6 is 0 Å². The Labute approximate surface area is 126 Å². The number of hydrogen-bond acceptors (Lipinski definition) is 3. The molecule has 5 nitrogen and oxygen atoms in total. The molecule has 0 saturated heterocycles. The molecule has 0 aromatic heterocycles.